The lowest BCUT2D eigenvalue weighted by molar-refractivity contribution is 0.635. The van der Waals surface area contributed by atoms with Crippen LogP contribution in [-0.2, 0) is 0 Å². The summed E-state index contributed by atoms with van der Waals surface area (Å²) in [6, 6.07) is 6.00. The van der Waals surface area contributed by atoms with Gasteiger partial charge in [0, 0.05) is 13.1 Å². The first kappa shape index (κ1) is 12.6. The minimum atomic E-state index is 0.353. The van der Waals surface area contributed by atoms with Crippen molar-refractivity contribution in [3.05, 3.63) is 28.2 Å². The molecule has 0 saturated carbocycles. The van der Waals surface area contributed by atoms with Crippen molar-refractivity contribution in [1.82, 2.24) is 0 Å². The molecule has 0 aliphatic rings. The summed E-state index contributed by atoms with van der Waals surface area (Å²) in [6.45, 7) is 2.79. The van der Waals surface area contributed by atoms with Crippen LogP contribution in [0.1, 0.15) is 13.3 Å². The summed E-state index contributed by atoms with van der Waals surface area (Å²) in [4.78, 5) is 2.10. The van der Waals surface area contributed by atoms with E-state index in [1.807, 2.05) is 19.2 Å². The monoisotopic (exact) mass is 246 g/mol. The van der Waals surface area contributed by atoms with E-state index in [0.717, 1.165) is 12.1 Å². The number of hydrogen-bond acceptors (Lipinski definition) is 2. The van der Waals surface area contributed by atoms with E-state index in [1.165, 1.54) is 0 Å². The highest BCUT2D eigenvalue weighted by Gasteiger charge is 2.13. The molecule has 0 bridgehead atoms. The number of benzene rings is 1. The van der Waals surface area contributed by atoms with E-state index >= 15 is 0 Å². The first-order valence-corrected chi connectivity index (χ1v) is 5.70. The zero-order valence-electron chi connectivity index (χ0n) is 9.00. The van der Waals surface area contributed by atoms with Gasteiger partial charge in [-0.05, 0) is 32.0 Å². The van der Waals surface area contributed by atoms with Crippen LogP contribution < -0.4 is 10.6 Å². The van der Waals surface area contributed by atoms with E-state index in [2.05, 4.69) is 11.8 Å². The molecule has 2 nitrogen and oxygen atoms in total. The molecule has 0 aliphatic heterocycles. The second-order valence-corrected chi connectivity index (χ2v) is 4.40. The van der Waals surface area contributed by atoms with Crippen molar-refractivity contribution in [2.24, 2.45) is 5.73 Å². The minimum Gasteiger partial charge on any atom is -0.371 e. The maximum atomic E-state index is 6.13. The maximum Gasteiger partial charge on any atom is 0.0825 e. The number of hydrogen-bond donors (Lipinski definition) is 1. The van der Waals surface area contributed by atoms with Crippen molar-refractivity contribution in [2.75, 3.05) is 18.5 Å². The first-order valence-electron chi connectivity index (χ1n) is 4.94. The lowest BCUT2D eigenvalue weighted by atomic mass is 10.2. The van der Waals surface area contributed by atoms with E-state index in [4.69, 9.17) is 28.9 Å². The van der Waals surface area contributed by atoms with Crippen LogP contribution >= 0.6 is 23.2 Å². The Morgan fingerprint density at radius 2 is 2.07 bits per heavy atom. The third-order valence-corrected chi connectivity index (χ3v) is 3.37. The highest BCUT2D eigenvalue weighted by atomic mass is 35.5. The van der Waals surface area contributed by atoms with E-state index in [0.29, 0.717) is 22.6 Å². The standard InChI is InChI=1S/C11H16Cl2N2/c1-8(6-7-14)15(2)10-5-3-4-9(12)11(10)13/h3-5,8H,6-7,14H2,1-2H3. The molecular weight excluding hydrogens is 231 g/mol. The van der Waals surface area contributed by atoms with Gasteiger partial charge in [0.15, 0.2) is 0 Å². The van der Waals surface area contributed by atoms with Gasteiger partial charge in [-0.1, -0.05) is 29.3 Å². The fraction of sp³-hybridized carbons (Fsp3) is 0.455. The van der Waals surface area contributed by atoms with Gasteiger partial charge in [-0.25, -0.2) is 0 Å². The van der Waals surface area contributed by atoms with E-state index < -0.39 is 0 Å². The van der Waals surface area contributed by atoms with Gasteiger partial charge in [0.25, 0.3) is 0 Å². The summed E-state index contributed by atoms with van der Waals surface area (Å²) >= 11 is 12.1. The Balaban J connectivity index is 2.90. The average Bonchev–Trinajstić information content (AvgIpc) is 2.21. The molecule has 2 N–H and O–H groups in total. The molecule has 1 aromatic carbocycles. The second-order valence-electron chi connectivity index (χ2n) is 3.61. The van der Waals surface area contributed by atoms with Crippen LogP contribution in [0.4, 0.5) is 5.69 Å². The van der Waals surface area contributed by atoms with Crippen molar-refractivity contribution < 1.29 is 0 Å². The van der Waals surface area contributed by atoms with E-state index in [9.17, 15) is 0 Å². The van der Waals surface area contributed by atoms with Crippen molar-refractivity contribution in [3.8, 4) is 0 Å². The Labute approximate surface area is 101 Å². The molecule has 0 amide bonds. The topological polar surface area (TPSA) is 29.3 Å². The van der Waals surface area contributed by atoms with Crippen molar-refractivity contribution in [1.29, 1.82) is 0 Å². The van der Waals surface area contributed by atoms with Crippen LogP contribution in [0.5, 0.6) is 0 Å². The quantitative estimate of drug-likeness (QED) is 0.885. The number of nitrogens with zero attached hydrogens (tertiary/aromatic N) is 1. The van der Waals surface area contributed by atoms with Gasteiger partial charge in [-0.3, -0.25) is 0 Å². The third-order valence-electron chi connectivity index (χ3n) is 2.56. The van der Waals surface area contributed by atoms with Crippen LogP contribution in [0.3, 0.4) is 0 Å². The van der Waals surface area contributed by atoms with Crippen molar-refractivity contribution in [3.63, 3.8) is 0 Å². The van der Waals surface area contributed by atoms with Gasteiger partial charge in [0.1, 0.15) is 0 Å². The smallest absolute Gasteiger partial charge is 0.0825 e. The molecule has 0 fully saturated rings. The number of halogens is 2. The van der Waals surface area contributed by atoms with Crippen LogP contribution in [-0.4, -0.2) is 19.6 Å². The largest absolute Gasteiger partial charge is 0.371 e. The Hall–Kier alpha value is -0.440. The molecule has 4 heteroatoms. The summed E-state index contributed by atoms with van der Waals surface area (Å²) in [5.41, 5.74) is 6.48. The summed E-state index contributed by atoms with van der Waals surface area (Å²) < 4.78 is 0. The molecule has 1 unspecified atom stereocenters. The van der Waals surface area contributed by atoms with Gasteiger partial charge >= 0.3 is 0 Å². The highest BCUT2D eigenvalue weighted by molar-refractivity contribution is 6.43. The summed E-state index contributed by atoms with van der Waals surface area (Å²) in [5.74, 6) is 0. The predicted octanol–water partition coefficient (Wildman–Crippen LogP) is 3.17. The first-order chi connectivity index (χ1) is 7.07. The van der Waals surface area contributed by atoms with Crippen molar-refractivity contribution >= 4 is 28.9 Å². The van der Waals surface area contributed by atoms with Gasteiger partial charge in [-0.15, -0.1) is 0 Å². The van der Waals surface area contributed by atoms with Gasteiger partial charge in [0.05, 0.1) is 15.7 Å². The SMILES string of the molecule is CC(CCN)N(C)c1cccc(Cl)c1Cl. The molecule has 0 spiro atoms. The molecular formula is C11H16Cl2N2. The Kier molecular flexibility index (Phi) is 4.71. The molecule has 15 heavy (non-hydrogen) atoms. The molecule has 84 valence electrons. The second kappa shape index (κ2) is 5.59. The third kappa shape index (κ3) is 3.00. The molecule has 0 saturated heterocycles. The summed E-state index contributed by atoms with van der Waals surface area (Å²) in [7, 11) is 2.00. The highest BCUT2D eigenvalue weighted by Crippen LogP contribution is 2.32. The summed E-state index contributed by atoms with van der Waals surface area (Å²) in [5, 5.41) is 1.19. The lowest BCUT2D eigenvalue weighted by Gasteiger charge is -2.27. The van der Waals surface area contributed by atoms with Crippen LogP contribution in [0.2, 0.25) is 10.0 Å². The normalized spacial score (nSPS) is 12.6. The van der Waals surface area contributed by atoms with E-state index in [-0.39, 0.29) is 0 Å². The number of anilines is 1. The van der Waals surface area contributed by atoms with E-state index in [1.54, 1.807) is 6.07 Å². The summed E-state index contributed by atoms with van der Waals surface area (Å²) in [6.07, 6.45) is 0.930. The Morgan fingerprint density at radius 3 is 2.67 bits per heavy atom. The fourth-order valence-electron chi connectivity index (χ4n) is 1.44. The lowest BCUT2D eigenvalue weighted by Crippen LogP contribution is -2.31. The van der Waals surface area contributed by atoms with Gasteiger partial charge in [0.2, 0.25) is 0 Å². The molecule has 1 aromatic rings. The maximum absolute atomic E-state index is 6.13. The predicted molar refractivity (Wildman–Crippen MR) is 68.0 cm³/mol. The fourth-order valence-corrected chi connectivity index (χ4v) is 1.87. The molecule has 0 aliphatic carbocycles. The number of rotatable bonds is 4. The average molecular weight is 247 g/mol. The van der Waals surface area contributed by atoms with Gasteiger partial charge in [-0.2, -0.15) is 0 Å². The minimum absolute atomic E-state index is 0.353. The number of nitrogens with two attached hydrogens (primary N) is 1. The Morgan fingerprint density at radius 1 is 1.40 bits per heavy atom. The molecule has 0 heterocycles. The van der Waals surface area contributed by atoms with Crippen LogP contribution in [0.25, 0.3) is 0 Å². The molecule has 0 radical (unpaired) electrons. The molecule has 0 aromatic heterocycles. The van der Waals surface area contributed by atoms with Crippen LogP contribution in [0.15, 0.2) is 18.2 Å². The van der Waals surface area contributed by atoms with Gasteiger partial charge < -0.3 is 10.6 Å². The van der Waals surface area contributed by atoms with Crippen LogP contribution in [0, 0.1) is 0 Å². The zero-order valence-corrected chi connectivity index (χ0v) is 10.5. The zero-order chi connectivity index (χ0) is 11.4. The van der Waals surface area contributed by atoms with Crippen molar-refractivity contribution in [2.45, 2.75) is 19.4 Å². The molecule has 1 rings (SSSR count). The Bertz CT molecular complexity index is 328. The molecule has 1 atom stereocenters.